The molecule has 4 N–H and O–H groups in total. The maximum absolute atomic E-state index is 13.8. The lowest BCUT2D eigenvalue weighted by Gasteiger charge is -2.38. The summed E-state index contributed by atoms with van der Waals surface area (Å²) in [5, 5.41) is 39.3. The van der Waals surface area contributed by atoms with Crippen LogP contribution in [0.3, 0.4) is 0 Å². The van der Waals surface area contributed by atoms with Crippen molar-refractivity contribution >= 4 is 35.9 Å². The van der Waals surface area contributed by atoms with Crippen LogP contribution in [-0.4, -0.2) is 184 Å². The zero-order chi connectivity index (χ0) is 38.2. The van der Waals surface area contributed by atoms with Crippen molar-refractivity contribution in [1.82, 2.24) is 24.5 Å². The van der Waals surface area contributed by atoms with E-state index in [2.05, 4.69) is 0 Å². The highest BCUT2D eigenvalue weighted by Gasteiger charge is 2.53. The Balaban J connectivity index is 1.41. The highest BCUT2D eigenvalue weighted by molar-refractivity contribution is 5.83. The smallest absolute Gasteiger partial charge is 0.410 e. The van der Waals surface area contributed by atoms with Crippen LogP contribution in [0.1, 0.15) is 24.0 Å². The fourth-order valence-electron chi connectivity index (χ4n) is 7.60. The molecule has 1 amide bonds. The monoisotopic (exact) mass is 739 g/mol. The Labute approximate surface area is 305 Å². The predicted octanol–water partition coefficient (Wildman–Crippen LogP) is 0.480. The molecule has 1 aliphatic carbocycles. The number of hydrogen-bond donors (Lipinski definition) is 4. The van der Waals surface area contributed by atoms with Crippen molar-refractivity contribution in [3.63, 3.8) is 0 Å². The highest BCUT2D eigenvalue weighted by atomic mass is 16.6. The molecule has 0 bridgehead atoms. The van der Waals surface area contributed by atoms with Crippen LogP contribution in [0.25, 0.3) is 11.1 Å². The number of likely N-dealkylation sites (tertiary alicyclic amines) is 1. The third-order valence-electron chi connectivity index (χ3n) is 9.93. The first-order valence-electron chi connectivity index (χ1n) is 17.4. The van der Waals surface area contributed by atoms with E-state index in [1.807, 2.05) is 48.5 Å². The molecule has 17 nitrogen and oxygen atoms in total. The molecule has 2 aromatic carbocycles. The largest absolute Gasteiger partial charge is 0.480 e. The molecule has 2 aromatic rings. The van der Waals surface area contributed by atoms with E-state index in [4.69, 9.17) is 9.47 Å². The van der Waals surface area contributed by atoms with E-state index in [1.165, 1.54) is 6.92 Å². The lowest BCUT2D eigenvalue weighted by atomic mass is 9.98. The predicted molar refractivity (Wildman–Crippen MR) is 186 cm³/mol. The fraction of sp³-hybridized carbons (Fsp3) is 0.500. The average Bonchev–Trinajstić information content (AvgIpc) is 3.62. The molecule has 0 spiro atoms. The number of esters is 1. The van der Waals surface area contributed by atoms with Crippen LogP contribution in [0.5, 0.6) is 0 Å². The highest BCUT2D eigenvalue weighted by Crippen LogP contribution is 2.44. The summed E-state index contributed by atoms with van der Waals surface area (Å²) in [6, 6.07) is 12.9. The minimum absolute atomic E-state index is 0.0534. The summed E-state index contributed by atoms with van der Waals surface area (Å²) < 4.78 is 11.5. The van der Waals surface area contributed by atoms with Gasteiger partial charge in [0.1, 0.15) is 12.7 Å². The Hall–Kier alpha value is -5.10. The second-order valence-corrected chi connectivity index (χ2v) is 13.4. The molecule has 0 unspecified atom stereocenters. The van der Waals surface area contributed by atoms with Gasteiger partial charge in [-0.05, 0) is 22.3 Å². The molecule has 2 aliphatic heterocycles. The van der Waals surface area contributed by atoms with Crippen LogP contribution in [0.4, 0.5) is 4.79 Å². The van der Waals surface area contributed by atoms with Gasteiger partial charge in [-0.3, -0.25) is 43.7 Å². The second-order valence-electron chi connectivity index (χ2n) is 13.4. The lowest BCUT2D eigenvalue weighted by molar-refractivity contribution is -0.151. The van der Waals surface area contributed by atoms with Crippen LogP contribution in [0.2, 0.25) is 0 Å². The molecule has 17 heteroatoms. The van der Waals surface area contributed by atoms with Crippen molar-refractivity contribution in [3.8, 4) is 11.1 Å². The molecule has 3 atom stereocenters. The van der Waals surface area contributed by atoms with E-state index >= 15 is 0 Å². The van der Waals surface area contributed by atoms with E-state index < -0.39 is 54.1 Å². The maximum Gasteiger partial charge on any atom is 0.410 e. The van der Waals surface area contributed by atoms with Crippen LogP contribution < -0.4 is 0 Å². The van der Waals surface area contributed by atoms with Gasteiger partial charge >= 0.3 is 35.9 Å². The van der Waals surface area contributed by atoms with Crippen molar-refractivity contribution in [3.05, 3.63) is 59.7 Å². The Bertz CT molecular complexity index is 1610. The summed E-state index contributed by atoms with van der Waals surface area (Å²) in [4.78, 5) is 81.9. The van der Waals surface area contributed by atoms with Crippen molar-refractivity contribution in [2.24, 2.45) is 0 Å². The number of amides is 1. The maximum atomic E-state index is 13.8. The van der Waals surface area contributed by atoms with Crippen molar-refractivity contribution in [2.45, 2.75) is 31.0 Å². The quantitative estimate of drug-likeness (QED) is 0.231. The zero-order valence-electron chi connectivity index (χ0n) is 29.4. The summed E-state index contributed by atoms with van der Waals surface area (Å²) in [6.45, 7) is 0.647. The third kappa shape index (κ3) is 9.87. The fourth-order valence-corrected chi connectivity index (χ4v) is 7.60. The minimum Gasteiger partial charge on any atom is -0.480 e. The summed E-state index contributed by atoms with van der Waals surface area (Å²) in [6.07, 6.45) is -2.03. The molecule has 2 saturated heterocycles. The standard InChI is InChI=1S/C36H45N5O12/c1-23(42)53-29-18-41(36(51)52-22-28-26-8-4-2-6-24(26)25-7-3-5-9-27(25)28)34(35(49)50)33(29)40-16-14-38(20-31(45)46)12-10-37(19-30(43)44)11-13-39(15-17-40)21-32(47)48/h2-9,28-29,33-34H,10-22H2,1H3,(H,43,44)(H,45,46)(H,47,48)(H,49,50)/t29-,33+,34-/m0/s1. The average molecular weight is 740 g/mol. The number of aliphatic carboxylic acids is 4. The first-order chi connectivity index (χ1) is 25.3. The molecule has 5 rings (SSSR count). The van der Waals surface area contributed by atoms with Gasteiger partial charge in [0.15, 0.2) is 6.04 Å². The van der Waals surface area contributed by atoms with Crippen molar-refractivity contribution in [1.29, 1.82) is 0 Å². The van der Waals surface area contributed by atoms with Gasteiger partial charge in [0.2, 0.25) is 0 Å². The Kier molecular flexibility index (Phi) is 13.0. The summed E-state index contributed by atoms with van der Waals surface area (Å²) >= 11 is 0. The van der Waals surface area contributed by atoms with E-state index in [-0.39, 0.29) is 91.1 Å². The van der Waals surface area contributed by atoms with E-state index in [0.717, 1.165) is 27.2 Å². The van der Waals surface area contributed by atoms with E-state index in [1.54, 1.807) is 19.6 Å². The van der Waals surface area contributed by atoms with Gasteiger partial charge < -0.3 is 29.9 Å². The molecular weight excluding hydrogens is 694 g/mol. The summed E-state index contributed by atoms with van der Waals surface area (Å²) in [7, 11) is 0. The number of carbonyl (C=O) groups excluding carboxylic acids is 2. The molecule has 0 aromatic heterocycles. The molecule has 2 heterocycles. The Morgan fingerprint density at radius 2 is 1.09 bits per heavy atom. The van der Waals surface area contributed by atoms with Gasteiger partial charge in [0, 0.05) is 65.2 Å². The minimum atomic E-state index is -1.55. The first kappa shape index (κ1) is 39.1. The van der Waals surface area contributed by atoms with Crippen LogP contribution in [0.15, 0.2) is 48.5 Å². The first-order valence-corrected chi connectivity index (χ1v) is 17.4. The number of fused-ring (bicyclic) bond motifs is 3. The molecule has 3 aliphatic rings. The number of rotatable bonds is 11. The third-order valence-corrected chi connectivity index (χ3v) is 9.93. The lowest BCUT2D eigenvalue weighted by Crippen LogP contribution is -2.57. The Morgan fingerprint density at radius 3 is 1.51 bits per heavy atom. The number of carboxylic acid groups (broad SMARTS) is 4. The second kappa shape index (κ2) is 17.6. The normalized spacial score (nSPS) is 22.2. The van der Waals surface area contributed by atoms with Gasteiger partial charge in [0.25, 0.3) is 0 Å². The van der Waals surface area contributed by atoms with Crippen LogP contribution in [-0.2, 0) is 33.4 Å². The van der Waals surface area contributed by atoms with Crippen molar-refractivity contribution in [2.75, 3.05) is 85.1 Å². The Morgan fingerprint density at radius 1 is 0.660 bits per heavy atom. The molecule has 286 valence electrons. The molecule has 0 radical (unpaired) electrons. The van der Waals surface area contributed by atoms with Gasteiger partial charge in [-0.2, -0.15) is 0 Å². The van der Waals surface area contributed by atoms with Gasteiger partial charge in [-0.25, -0.2) is 9.59 Å². The number of carbonyl (C=O) groups is 6. The number of ether oxygens (including phenoxy) is 2. The van der Waals surface area contributed by atoms with Gasteiger partial charge in [0.05, 0.1) is 32.2 Å². The molecule has 0 saturated carbocycles. The van der Waals surface area contributed by atoms with Crippen LogP contribution in [0, 0.1) is 0 Å². The summed E-state index contributed by atoms with van der Waals surface area (Å²) in [5.74, 6) is -5.70. The SMILES string of the molecule is CC(=O)O[C@H]1CN(C(=O)OCC2c3ccccc3-c3ccccc32)[C@H](C(=O)O)[C@@H]1N1CCN(CC(=O)O)CCN(CC(=O)O)CCN(CC(=O)O)CC1. The van der Waals surface area contributed by atoms with Crippen molar-refractivity contribution < 1.29 is 58.7 Å². The molecule has 53 heavy (non-hydrogen) atoms. The molecular formula is C36H45N5O12. The number of hydrogen-bond acceptors (Lipinski definition) is 12. The van der Waals surface area contributed by atoms with Crippen LogP contribution >= 0.6 is 0 Å². The zero-order valence-corrected chi connectivity index (χ0v) is 29.4. The number of benzene rings is 2. The van der Waals surface area contributed by atoms with Gasteiger partial charge in [-0.15, -0.1) is 0 Å². The summed E-state index contributed by atoms with van der Waals surface area (Å²) in [5.41, 5.74) is 3.97. The van der Waals surface area contributed by atoms with E-state index in [0.29, 0.717) is 0 Å². The topological polar surface area (TPSA) is 218 Å². The number of carboxylic acids is 4. The van der Waals surface area contributed by atoms with E-state index in [9.17, 15) is 49.2 Å². The number of nitrogens with zero attached hydrogens (tertiary/aromatic N) is 5. The molecule has 2 fully saturated rings. The van der Waals surface area contributed by atoms with Gasteiger partial charge in [-0.1, -0.05) is 48.5 Å².